The van der Waals surface area contributed by atoms with E-state index in [0.717, 1.165) is 19.5 Å². The number of carboxylic acids is 1. The van der Waals surface area contributed by atoms with Gasteiger partial charge in [-0.3, -0.25) is 9.59 Å². The number of carbonyl (C=O) groups excluding carboxylic acids is 1. The Hall–Kier alpha value is -1.06. The molecular weight excluding hydrogens is 242 g/mol. The Kier molecular flexibility index (Phi) is 3.40. The fraction of sp³-hybridized carbons (Fsp3) is 0.867. The van der Waals surface area contributed by atoms with Crippen LogP contribution >= 0.6 is 0 Å². The third-order valence-electron chi connectivity index (χ3n) is 5.63. The highest BCUT2D eigenvalue weighted by atomic mass is 16.4. The number of rotatable bonds is 4. The van der Waals surface area contributed by atoms with Crippen molar-refractivity contribution >= 4 is 11.9 Å². The van der Waals surface area contributed by atoms with Crippen LogP contribution in [-0.2, 0) is 9.59 Å². The molecule has 0 aromatic carbocycles. The highest BCUT2D eigenvalue weighted by Gasteiger charge is 2.68. The van der Waals surface area contributed by atoms with Crippen molar-refractivity contribution in [3.8, 4) is 0 Å². The molecule has 4 heteroatoms. The first-order valence-corrected chi connectivity index (χ1v) is 7.18. The van der Waals surface area contributed by atoms with E-state index in [1.165, 1.54) is 0 Å². The number of aliphatic carboxylic acids is 1. The predicted molar refractivity (Wildman–Crippen MR) is 72.6 cm³/mol. The van der Waals surface area contributed by atoms with Crippen molar-refractivity contribution in [3.05, 3.63) is 0 Å². The summed E-state index contributed by atoms with van der Waals surface area (Å²) in [6.45, 7) is 10.2. The molecule has 0 spiro atoms. The molecule has 0 radical (unpaired) electrons. The molecular formula is C15H25NO3. The average molecular weight is 267 g/mol. The second-order valence-electron chi connectivity index (χ2n) is 7.25. The van der Waals surface area contributed by atoms with E-state index in [9.17, 15) is 9.59 Å². The summed E-state index contributed by atoms with van der Waals surface area (Å²) in [4.78, 5) is 25.1. The molecule has 1 aliphatic carbocycles. The van der Waals surface area contributed by atoms with Crippen LogP contribution in [0, 0.1) is 22.7 Å². The van der Waals surface area contributed by atoms with Crippen LogP contribution in [0.1, 0.15) is 47.0 Å². The molecule has 4 nitrogen and oxygen atoms in total. The van der Waals surface area contributed by atoms with Gasteiger partial charge in [-0.15, -0.1) is 0 Å². The quantitative estimate of drug-likeness (QED) is 0.850. The monoisotopic (exact) mass is 267 g/mol. The van der Waals surface area contributed by atoms with Crippen molar-refractivity contribution in [2.24, 2.45) is 22.7 Å². The lowest BCUT2D eigenvalue weighted by atomic mass is 10.0. The zero-order valence-corrected chi connectivity index (χ0v) is 12.4. The number of carboxylic acid groups (broad SMARTS) is 1. The van der Waals surface area contributed by atoms with Crippen LogP contribution in [0.4, 0.5) is 0 Å². The van der Waals surface area contributed by atoms with Crippen LogP contribution < -0.4 is 0 Å². The first kappa shape index (κ1) is 14.4. The maximum absolute atomic E-state index is 12.5. The summed E-state index contributed by atoms with van der Waals surface area (Å²) in [5, 5.41) is 8.70. The van der Waals surface area contributed by atoms with Gasteiger partial charge in [0, 0.05) is 25.4 Å². The lowest BCUT2D eigenvalue weighted by Gasteiger charge is -2.17. The van der Waals surface area contributed by atoms with Crippen LogP contribution in [0.3, 0.4) is 0 Å². The second kappa shape index (κ2) is 4.50. The van der Waals surface area contributed by atoms with E-state index in [1.807, 2.05) is 4.90 Å². The van der Waals surface area contributed by atoms with Crippen LogP contribution in [-0.4, -0.2) is 35.0 Å². The molecule has 0 aromatic heterocycles. The van der Waals surface area contributed by atoms with Crippen LogP contribution in [0.2, 0.25) is 0 Å². The lowest BCUT2D eigenvalue weighted by Crippen LogP contribution is -2.32. The van der Waals surface area contributed by atoms with Gasteiger partial charge in [0.05, 0.1) is 0 Å². The van der Waals surface area contributed by atoms with Gasteiger partial charge >= 0.3 is 5.97 Å². The van der Waals surface area contributed by atoms with E-state index in [0.29, 0.717) is 12.3 Å². The van der Waals surface area contributed by atoms with Crippen molar-refractivity contribution in [3.63, 3.8) is 0 Å². The Balaban J connectivity index is 1.88. The fourth-order valence-corrected chi connectivity index (χ4v) is 3.59. The Morgan fingerprint density at radius 2 is 1.79 bits per heavy atom. The summed E-state index contributed by atoms with van der Waals surface area (Å²) >= 11 is 0. The normalized spacial score (nSPS) is 28.4. The first-order valence-electron chi connectivity index (χ1n) is 7.18. The summed E-state index contributed by atoms with van der Waals surface area (Å²) in [6, 6.07) is 0. The zero-order chi connectivity index (χ0) is 14.4. The Bertz CT molecular complexity index is 386. The van der Waals surface area contributed by atoms with Crippen LogP contribution in [0.25, 0.3) is 0 Å². The molecule has 1 saturated carbocycles. The van der Waals surface area contributed by atoms with Gasteiger partial charge in [-0.2, -0.15) is 0 Å². The van der Waals surface area contributed by atoms with Crippen LogP contribution in [0.5, 0.6) is 0 Å². The summed E-state index contributed by atoms with van der Waals surface area (Å²) in [5.74, 6) is 0.0188. The minimum Gasteiger partial charge on any atom is -0.481 e. The van der Waals surface area contributed by atoms with Crippen molar-refractivity contribution in [1.82, 2.24) is 4.90 Å². The van der Waals surface area contributed by atoms with Gasteiger partial charge in [0.25, 0.3) is 0 Å². The maximum Gasteiger partial charge on any atom is 0.303 e. The van der Waals surface area contributed by atoms with Gasteiger partial charge in [0.2, 0.25) is 5.91 Å². The van der Waals surface area contributed by atoms with Gasteiger partial charge in [0.15, 0.2) is 0 Å². The minimum absolute atomic E-state index is 0.0865. The molecule has 108 valence electrons. The summed E-state index contributed by atoms with van der Waals surface area (Å²) in [5.41, 5.74) is 0.173. The van der Waals surface area contributed by atoms with E-state index in [2.05, 4.69) is 27.7 Å². The van der Waals surface area contributed by atoms with Gasteiger partial charge in [-0.1, -0.05) is 27.7 Å². The van der Waals surface area contributed by atoms with Gasteiger partial charge in [-0.05, 0) is 29.6 Å². The molecule has 19 heavy (non-hydrogen) atoms. The van der Waals surface area contributed by atoms with E-state index in [4.69, 9.17) is 5.11 Å². The molecule has 1 amide bonds. The molecule has 1 N–H and O–H groups in total. The third kappa shape index (κ3) is 2.37. The highest BCUT2D eigenvalue weighted by molar-refractivity contribution is 5.84. The highest BCUT2D eigenvalue weighted by Crippen LogP contribution is 2.68. The smallest absolute Gasteiger partial charge is 0.303 e. The largest absolute Gasteiger partial charge is 0.481 e. The Labute approximate surface area is 115 Å². The van der Waals surface area contributed by atoms with Gasteiger partial charge in [-0.25, -0.2) is 0 Å². The zero-order valence-electron chi connectivity index (χ0n) is 12.4. The standard InChI is InChI=1S/C15H25NO3/c1-14(2)12(15(14,3)4)13(19)16-8-7-10(9-16)5-6-11(17)18/h10,12H,5-9H2,1-4H3,(H,17,18). The Morgan fingerprint density at radius 3 is 2.26 bits per heavy atom. The number of carbonyl (C=O) groups is 2. The maximum atomic E-state index is 12.5. The third-order valence-corrected chi connectivity index (χ3v) is 5.63. The summed E-state index contributed by atoms with van der Waals surface area (Å²) in [7, 11) is 0. The number of hydrogen-bond acceptors (Lipinski definition) is 2. The summed E-state index contributed by atoms with van der Waals surface area (Å²) in [6.07, 6.45) is 1.86. The number of likely N-dealkylation sites (tertiary alicyclic amines) is 1. The van der Waals surface area contributed by atoms with Crippen molar-refractivity contribution in [1.29, 1.82) is 0 Å². The second-order valence-corrected chi connectivity index (χ2v) is 7.25. The summed E-state index contributed by atoms with van der Waals surface area (Å²) < 4.78 is 0. The first-order chi connectivity index (χ1) is 8.68. The van der Waals surface area contributed by atoms with E-state index in [1.54, 1.807) is 0 Å². The average Bonchev–Trinajstić information content (AvgIpc) is 2.69. The van der Waals surface area contributed by atoms with Crippen molar-refractivity contribution < 1.29 is 14.7 Å². The molecule has 2 fully saturated rings. The van der Waals surface area contributed by atoms with E-state index >= 15 is 0 Å². The van der Waals surface area contributed by atoms with E-state index < -0.39 is 5.97 Å². The molecule has 1 unspecified atom stereocenters. The van der Waals surface area contributed by atoms with Crippen molar-refractivity contribution in [2.45, 2.75) is 47.0 Å². The number of hydrogen-bond donors (Lipinski definition) is 1. The predicted octanol–water partition coefficient (Wildman–Crippen LogP) is 2.38. The minimum atomic E-state index is -0.741. The van der Waals surface area contributed by atoms with Crippen molar-refractivity contribution in [2.75, 3.05) is 13.1 Å². The topological polar surface area (TPSA) is 57.6 Å². The fourth-order valence-electron chi connectivity index (χ4n) is 3.59. The van der Waals surface area contributed by atoms with Crippen LogP contribution in [0.15, 0.2) is 0 Å². The number of amides is 1. The molecule has 0 bridgehead atoms. The molecule has 2 rings (SSSR count). The molecule has 1 heterocycles. The molecule has 1 atom stereocenters. The molecule has 0 aromatic rings. The lowest BCUT2D eigenvalue weighted by molar-refractivity contribution is -0.137. The molecule has 1 aliphatic heterocycles. The Morgan fingerprint density at radius 1 is 1.21 bits per heavy atom. The van der Waals surface area contributed by atoms with Gasteiger partial charge in [0.1, 0.15) is 0 Å². The molecule has 1 saturated heterocycles. The van der Waals surface area contributed by atoms with E-state index in [-0.39, 0.29) is 29.1 Å². The molecule has 2 aliphatic rings. The number of nitrogens with zero attached hydrogens (tertiary/aromatic N) is 1. The van der Waals surface area contributed by atoms with Gasteiger partial charge < -0.3 is 10.0 Å². The SMILES string of the molecule is CC1(C)C(C(=O)N2CCC(CCC(=O)O)C2)C1(C)C.